The van der Waals surface area contributed by atoms with Crippen LogP contribution in [0, 0.1) is 0 Å². The normalized spacial score (nSPS) is 12.2. The van der Waals surface area contributed by atoms with Gasteiger partial charge in [-0.05, 0) is 12.5 Å². The Morgan fingerprint density at radius 2 is 2.10 bits per heavy atom. The van der Waals surface area contributed by atoms with E-state index in [0.717, 1.165) is 6.42 Å². The molecular weight excluding hydrogens is 258 g/mol. The average molecular weight is 277 g/mol. The van der Waals surface area contributed by atoms with E-state index in [9.17, 15) is 5.11 Å². The number of aliphatic hydroxyl groups excluding tert-OH is 1. The SMILES string of the molecule is CCCn1ncc(OC)c1C(O)c1cccc(OC)n1. The Morgan fingerprint density at radius 3 is 2.75 bits per heavy atom. The maximum atomic E-state index is 10.6. The molecule has 2 aromatic heterocycles. The minimum absolute atomic E-state index is 0.460. The van der Waals surface area contributed by atoms with E-state index in [1.54, 1.807) is 43.3 Å². The molecule has 20 heavy (non-hydrogen) atoms. The molecule has 2 aromatic rings. The van der Waals surface area contributed by atoms with Gasteiger partial charge in [0.1, 0.15) is 11.8 Å². The molecule has 108 valence electrons. The first-order chi connectivity index (χ1) is 9.71. The Balaban J connectivity index is 2.40. The summed E-state index contributed by atoms with van der Waals surface area (Å²) in [7, 11) is 3.10. The fraction of sp³-hybridized carbons (Fsp3) is 0.429. The third-order valence-corrected chi connectivity index (χ3v) is 2.99. The first kappa shape index (κ1) is 14.3. The van der Waals surface area contributed by atoms with E-state index in [4.69, 9.17) is 9.47 Å². The zero-order chi connectivity index (χ0) is 14.5. The van der Waals surface area contributed by atoms with Crippen molar-refractivity contribution in [3.63, 3.8) is 0 Å². The molecule has 0 spiro atoms. The first-order valence-corrected chi connectivity index (χ1v) is 6.50. The molecule has 0 saturated heterocycles. The van der Waals surface area contributed by atoms with Gasteiger partial charge in [0.25, 0.3) is 0 Å². The Kier molecular flexibility index (Phi) is 4.57. The molecule has 0 fully saturated rings. The van der Waals surface area contributed by atoms with E-state index in [1.165, 1.54) is 0 Å². The molecule has 0 aliphatic carbocycles. The molecule has 0 bridgehead atoms. The Hall–Kier alpha value is -2.08. The van der Waals surface area contributed by atoms with Gasteiger partial charge in [0.2, 0.25) is 5.88 Å². The van der Waals surface area contributed by atoms with Crippen molar-refractivity contribution in [1.29, 1.82) is 0 Å². The number of aliphatic hydroxyl groups is 1. The maximum absolute atomic E-state index is 10.6. The zero-order valence-electron chi connectivity index (χ0n) is 11.9. The van der Waals surface area contributed by atoms with Crippen molar-refractivity contribution in [2.75, 3.05) is 14.2 Å². The zero-order valence-corrected chi connectivity index (χ0v) is 11.9. The second-order valence-corrected chi connectivity index (χ2v) is 4.33. The van der Waals surface area contributed by atoms with Crippen LogP contribution in [-0.4, -0.2) is 34.1 Å². The number of ether oxygens (including phenoxy) is 2. The van der Waals surface area contributed by atoms with Crippen molar-refractivity contribution < 1.29 is 14.6 Å². The monoisotopic (exact) mass is 277 g/mol. The molecule has 0 aromatic carbocycles. The summed E-state index contributed by atoms with van der Waals surface area (Å²) in [6.45, 7) is 2.76. The largest absolute Gasteiger partial charge is 0.493 e. The summed E-state index contributed by atoms with van der Waals surface area (Å²) in [5.41, 5.74) is 1.11. The van der Waals surface area contributed by atoms with Crippen LogP contribution in [0.2, 0.25) is 0 Å². The van der Waals surface area contributed by atoms with Crippen LogP contribution in [0.25, 0.3) is 0 Å². The molecule has 1 unspecified atom stereocenters. The summed E-state index contributed by atoms with van der Waals surface area (Å²) in [6.07, 6.45) is 1.61. The molecule has 0 radical (unpaired) electrons. The van der Waals surface area contributed by atoms with E-state index >= 15 is 0 Å². The molecule has 1 atom stereocenters. The summed E-state index contributed by atoms with van der Waals surface area (Å²) in [5, 5.41) is 14.8. The lowest BCUT2D eigenvalue weighted by Gasteiger charge is -2.14. The van der Waals surface area contributed by atoms with Crippen LogP contribution in [-0.2, 0) is 6.54 Å². The Labute approximate surface area is 118 Å². The van der Waals surface area contributed by atoms with Gasteiger partial charge in [-0.3, -0.25) is 4.68 Å². The number of hydrogen-bond donors (Lipinski definition) is 1. The van der Waals surface area contributed by atoms with E-state index in [0.29, 0.717) is 29.6 Å². The van der Waals surface area contributed by atoms with Crippen LogP contribution in [0.3, 0.4) is 0 Å². The number of aromatic nitrogens is 3. The summed E-state index contributed by atoms with van der Waals surface area (Å²) >= 11 is 0. The molecule has 6 nitrogen and oxygen atoms in total. The molecule has 1 N–H and O–H groups in total. The quantitative estimate of drug-likeness (QED) is 0.871. The van der Waals surface area contributed by atoms with E-state index in [-0.39, 0.29) is 0 Å². The number of hydrogen-bond acceptors (Lipinski definition) is 5. The van der Waals surface area contributed by atoms with Crippen molar-refractivity contribution in [3.05, 3.63) is 35.8 Å². The van der Waals surface area contributed by atoms with Crippen molar-refractivity contribution in [3.8, 4) is 11.6 Å². The van der Waals surface area contributed by atoms with Crippen LogP contribution in [0.5, 0.6) is 11.6 Å². The summed E-state index contributed by atoms with van der Waals surface area (Å²) < 4.78 is 12.1. The highest BCUT2D eigenvalue weighted by Gasteiger charge is 2.22. The van der Waals surface area contributed by atoms with E-state index < -0.39 is 6.10 Å². The molecule has 6 heteroatoms. The van der Waals surface area contributed by atoms with Gasteiger partial charge in [0.15, 0.2) is 5.75 Å². The molecule has 0 amide bonds. The Bertz CT molecular complexity index is 569. The number of aryl methyl sites for hydroxylation is 1. The summed E-state index contributed by atoms with van der Waals surface area (Å²) in [6, 6.07) is 5.27. The van der Waals surface area contributed by atoms with Crippen LogP contribution in [0.15, 0.2) is 24.4 Å². The molecule has 0 saturated carbocycles. The van der Waals surface area contributed by atoms with E-state index in [2.05, 4.69) is 10.1 Å². The highest BCUT2D eigenvalue weighted by Crippen LogP contribution is 2.29. The van der Waals surface area contributed by atoms with Gasteiger partial charge in [-0.25, -0.2) is 4.98 Å². The number of nitrogens with zero attached hydrogens (tertiary/aromatic N) is 3. The predicted octanol–water partition coefficient (Wildman–Crippen LogP) is 1.79. The summed E-state index contributed by atoms with van der Waals surface area (Å²) in [5.74, 6) is 1.01. The number of rotatable bonds is 6. The van der Waals surface area contributed by atoms with Crippen molar-refractivity contribution in [2.45, 2.75) is 26.0 Å². The van der Waals surface area contributed by atoms with Gasteiger partial charge < -0.3 is 14.6 Å². The lowest BCUT2D eigenvalue weighted by Crippen LogP contribution is -2.12. The third-order valence-electron chi connectivity index (χ3n) is 2.99. The lowest BCUT2D eigenvalue weighted by molar-refractivity contribution is 0.196. The fourth-order valence-corrected chi connectivity index (χ4v) is 2.04. The van der Waals surface area contributed by atoms with Gasteiger partial charge in [-0.1, -0.05) is 13.0 Å². The number of methoxy groups -OCH3 is 2. The molecule has 0 aliphatic rings. The van der Waals surface area contributed by atoms with Gasteiger partial charge in [0, 0.05) is 12.6 Å². The third kappa shape index (κ3) is 2.75. The van der Waals surface area contributed by atoms with Crippen LogP contribution in [0.1, 0.15) is 30.8 Å². The highest BCUT2D eigenvalue weighted by atomic mass is 16.5. The van der Waals surface area contributed by atoms with Gasteiger partial charge in [-0.2, -0.15) is 5.10 Å². The maximum Gasteiger partial charge on any atom is 0.213 e. The minimum Gasteiger partial charge on any atom is -0.493 e. The number of pyridine rings is 1. The second kappa shape index (κ2) is 6.38. The van der Waals surface area contributed by atoms with Crippen LogP contribution < -0.4 is 9.47 Å². The smallest absolute Gasteiger partial charge is 0.213 e. The van der Waals surface area contributed by atoms with E-state index in [1.807, 2.05) is 6.92 Å². The molecule has 2 rings (SSSR count). The topological polar surface area (TPSA) is 69.4 Å². The van der Waals surface area contributed by atoms with Crippen LogP contribution >= 0.6 is 0 Å². The Morgan fingerprint density at radius 1 is 1.30 bits per heavy atom. The average Bonchev–Trinajstić information content (AvgIpc) is 2.89. The van der Waals surface area contributed by atoms with Gasteiger partial charge in [-0.15, -0.1) is 0 Å². The predicted molar refractivity (Wildman–Crippen MR) is 73.9 cm³/mol. The van der Waals surface area contributed by atoms with Gasteiger partial charge in [0.05, 0.1) is 26.1 Å². The minimum atomic E-state index is -0.908. The first-order valence-electron chi connectivity index (χ1n) is 6.50. The second-order valence-electron chi connectivity index (χ2n) is 4.33. The van der Waals surface area contributed by atoms with Crippen molar-refractivity contribution in [2.24, 2.45) is 0 Å². The standard InChI is InChI=1S/C14H19N3O3/c1-4-8-17-13(11(19-2)9-15-17)14(18)10-6-5-7-12(16-10)20-3/h5-7,9,14,18H,4,8H2,1-3H3. The highest BCUT2D eigenvalue weighted by molar-refractivity contribution is 5.33. The lowest BCUT2D eigenvalue weighted by atomic mass is 10.1. The molecule has 2 heterocycles. The van der Waals surface area contributed by atoms with Crippen molar-refractivity contribution in [1.82, 2.24) is 14.8 Å². The fourth-order valence-electron chi connectivity index (χ4n) is 2.04. The molecule has 0 aliphatic heterocycles. The summed E-state index contributed by atoms with van der Waals surface area (Å²) in [4.78, 5) is 4.25. The van der Waals surface area contributed by atoms with Crippen molar-refractivity contribution >= 4 is 0 Å². The molecular formula is C14H19N3O3. The van der Waals surface area contributed by atoms with Crippen LogP contribution in [0.4, 0.5) is 0 Å². The van der Waals surface area contributed by atoms with Gasteiger partial charge >= 0.3 is 0 Å².